The average molecular weight is 200 g/mol. The number of hydrogen-bond acceptors (Lipinski definition) is 2. The molecule has 0 saturated heterocycles. The Morgan fingerprint density at radius 3 is 2.40 bits per heavy atom. The molecule has 0 fully saturated rings. The summed E-state index contributed by atoms with van der Waals surface area (Å²) in [4.78, 5) is 17.7. The SMILES string of the molecule is Cc1nc(=O)[nH]c(C)c1-c1ccccc1. The predicted octanol–water partition coefficient (Wildman–Crippen LogP) is 2.05. The second-order valence-corrected chi connectivity index (χ2v) is 3.49. The molecule has 0 radical (unpaired) electrons. The van der Waals surface area contributed by atoms with Gasteiger partial charge in [0.2, 0.25) is 0 Å². The third-order valence-corrected chi connectivity index (χ3v) is 2.36. The fourth-order valence-corrected chi connectivity index (χ4v) is 1.76. The molecule has 0 aliphatic carbocycles. The minimum atomic E-state index is -0.287. The van der Waals surface area contributed by atoms with Crippen LogP contribution < -0.4 is 5.69 Å². The van der Waals surface area contributed by atoms with Crippen molar-refractivity contribution in [2.24, 2.45) is 0 Å². The van der Waals surface area contributed by atoms with E-state index in [9.17, 15) is 4.79 Å². The van der Waals surface area contributed by atoms with E-state index in [0.717, 1.165) is 22.5 Å². The van der Waals surface area contributed by atoms with E-state index in [1.165, 1.54) is 0 Å². The molecule has 0 bridgehead atoms. The van der Waals surface area contributed by atoms with E-state index in [1.54, 1.807) is 0 Å². The van der Waals surface area contributed by atoms with Crippen LogP contribution in [0.5, 0.6) is 0 Å². The number of benzene rings is 1. The van der Waals surface area contributed by atoms with Crippen LogP contribution in [-0.2, 0) is 0 Å². The van der Waals surface area contributed by atoms with Gasteiger partial charge in [0, 0.05) is 11.3 Å². The van der Waals surface area contributed by atoms with Crippen LogP contribution in [0.25, 0.3) is 11.1 Å². The Labute approximate surface area is 87.8 Å². The largest absolute Gasteiger partial charge is 0.345 e. The minimum absolute atomic E-state index is 0.287. The van der Waals surface area contributed by atoms with Gasteiger partial charge in [0.05, 0.1) is 5.69 Å². The Kier molecular flexibility index (Phi) is 2.37. The zero-order valence-electron chi connectivity index (χ0n) is 8.74. The van der Waals surface area contributed by atoms with Crippen molar-refractivity contribution in [1.82, 2.24) is 9.97 Å². The van der Waals surface area contributed by atoms with Gasteiger partial charge in [-0.3, -0.25) is 0 Å². The molecule has 0 aliphatic heterocycles. The standard InChI is InChI=1S/C12H12N2O/c1-8-11(9(2)14-12(15)13-8)10-6-4-3-5-7-10/h3-7H,1-2H3,(H,13,14,15). The summed E-state index contributed by atoms with van der Waals surface area (Å²) in [5.74, 6) is 0. The van der Waals surface area contributed by atoms with Crippen molar-refractivity contribution in [3.63, 3.8) is 0 Å². The topological polar surface area (TPSA) is 45.8 Å². The summed E-state index contributed by atoms with van der Waals surface area (Å²) in [6.45, 7) is 3.74. The molecule has 2 rings (SSSR count). The molecule has 0 saturated carbocycles. The van der Waals surface area contributed by atoms with Gasteiger partial charge in [0.1, 0.15) is 0 Å². The maximum absolute atomic E-state index is 11.1. The van der Waals surface area contributed by atoms with Gasteiger partial charge in [-0.2, -0.15) is 4.98 Å². The Morgan fingerprint density at radius 2 is 1.80 bits per heavy atom. The second kappa shape index (κ2) is 3.69. The van der Waals surface area contributed by atoms with Gasteiger partial charge >= 0.3 is 5.69 Å². The van der Waals surface area contributed by atoms with Gasteiger partial charge in [0.25, 0.3) is 0 Å². The van der Waals surface area contributed by atoms with E-state index in [2.05, 4.69) is 9.97 Å². The molecule has 0 amide bonds. The number of nitrogens with zero attached hydrogens (tertiary/aromatic N) is 1. The summed E-state index contributed by atoms with van der Waals surface area (Å²) >= 11 is 0. The predicted molar refractivity (Wildman–Crippen MR) is 59.8 cm³/mol. The van der Waals surface area contributed by atoms with Crippen molar-refractivity contribution < 1.29 is 0 Å². The maximum Gasteiger partial charge on any atom is 0.345 e. The molecular formula is C12H12N2O. The van der Waals surface area contributed by atoms with Crippen LogP contribution in [0.1, 0.15) is 11.4 Å². The lowest BCUT2D eigenvalue weighted by molar-refractivity contribution is 0.992. The Balaban J connectivity index is 2.69. The number of nitrogens with one attached hydrogen (secondary N) is 1. The molecule has 0 spiro atoms. The molecule has 2 aromatic rings. The van der Waals surface area contributed by atoms with Crippen LogP contribution in [0.3, 0.4) is 0 Å². The Bertz CT molecular complexity index is 503. The van der Waals surface area contributed by atoms with Crippen LogP contribution in [0.15, 0.2) is 35.1 Å². The van der Waals surface area contributed by atoms with Gasteiger partial charge in [-0.1, -0.05) is 30.3 Å². The van der Waals surface area contributed by atoms with Gasteiger partial charge in [-0.15, -0.1) is 0 Å². The van der Waals surface area contributed by atoms with Gasteiger partial charge < -0.3 is 4.98 Å². The van der Waals surface area contributed by atoms with E-state index in [1.807, 2.05) is 44.2 Å². The zero-order valence-corrected chi connectivity index (χ0v) is 8.74. The van der Waals surface area contributed by atoms with Crippen LogP contribution in [-0.4, -0.2) is 9.97 Å². The third-order valence-electron chi connectivity index (χ3n) is 2.36. The molecule has 1 aromatic heterocycles. The van der Waals surface area contributed by atoms with Crippen LogP contribution >= 0.6 is 0 Å². The van der Waals surface area contributed by atoms with Crippen LogP contribution in [0.4, 0.5) is 0 Å². The number of aromatic amines is 1. The number of H-pyrrole nitrogens is 1. The number of aromatic nitrogens is 2. The number of hydrogen-bond donors (Lipinski definition) is 1. The van der Waals surface area contributed by atoms with Crippen molar-refractivity contribution in [2.45, 2.75) is 13.8 Å². The number of rotatable bonds is 1. The summed E-state index contributed by atoms with van der Waals surface area (Å²) < 4.78 is 0. The van der Waals surface area contributed by atoms with Crippen molar-refractivity contribution in [1.29, 1.82) is 0 Å². The highest BCUT2D eigenvalue weighted by atomic mass is 16.1. The van der Waals surface area contributed by atoms with Gasteiger partial charge in [-0.05, 0) is 19.4 Å². The molecule has 0 aliphatic rings. The summed E-state index contributed by atoms with van der Waals surface area (Å²) in [7, 11) is 0. The Hall–Kier alpha value is -1.90. The first-order chi connectivity index (χ1) is 7.18. The van der Waals surface area contributed by atoms with E-state index in [-0.39, 0.29) is 5.69 Å². The third kappa shape index (κ3) is 1.81. The molecule has 1 heterocycles. The summed E-state index contributed by atoms with van der Waals surface area (Å²) in [5.41, 5.74) is 3.43. The fourth-order valence-electron chi connectivity index (χ4n) is 1.76. The molecule has 76 valence electrons. The highest BCUT2D eigenvalue weighted by Crippen LogP contribution is 2.22. The van der Waals surface area contributed by atoms with E-state index < -0.39 is 0 Å². The molecule has 0 unspecified atom stereocenters. The number of aryl methyl sites for hydroxylation is 2. The first-order valence-electron chi connectivity index (χ1n) is 4.81. The highest BCUT2D eigenvalue weighted by molar-refractivity contribution is 5.67. The van der Waals surface area contributed by atoms with Crippen molar-refractivity contribution in [2.75, 3.05) is 0 Å². The summed E-state index contributed by atoms with van der Waals surface area (Å²) in [6, 6.07) is 9.93. The zero-order chi connectivity index (χ0) is 10.8. The first kappa shape index (κ1) is 9.65. The van der Waals surface area contributed by atoms with Crippen molar-refractivity contribution >= 4 is 0 Å². The molecule has 0 atom stereocenters. The van der Waals surface area contributed by atoms with Gasteiger partial charge in [0.15, 0.2) is 0 Å². The molecular weight excluding hydrogens is 188 g/mol. The minimum Gasteiger partial charge on any atom is -0.309 e. The first-order valence-corrected chi connectivity index (χ1v) is 4.81. The molecule has 1 aromatic carbocycles. The highest BCUT2D eigenvalue weighted by Gasteiger charge is 2.07. The molecule has 3 heteroatoms. The lowest BCUT2D eigenvalue weighted by Gasteiger charge is -2.07. The van der Waals surface area contributed by atoms with Gasteiger partial charge in [-0.25, -0.2) is 4.79 Å². The normalized spacial score (nSPS) is 10.3. The van der Waals surface area contributed by atoms with E-state index >= 15 is 0 Å². The van der Waals surface area contributed by atoms with Crippen LogP contribution in [0, 0.1) is 13.8 Å². The Morgan fingerprint density at radius 1 is 1.13 bits per heavy atom. The maximum atomic E-state index is 11.1. The monoisotopic (exact) mass is 200 g/mol. The lowest BCUT2D eigenvalue weighted by atomic mass is 10.0. The smallest absolute Gasteiger partial charge is 0.309 e. The van der Waals surface area contributed by atoms with Crippen molar-refractivity contribution in [3.05, 3.63) is 52.2 Å². The fraction of sp³-hybridized carbons (Fsp3) is 0.167. The van der Waals surface area contributed by atoms with E-state index in [0.29, 0.717) is 0 Å². The molecule has 15 heavy (non-hydrogen) atoms. The van der Waals surface area contributed by atoms with Crippen LogP contribution in [0.2, 0.25) is 0 Å². The quantitative estimate of drug-likeness (QED) is 0.765. The second-order valence-electron chi connectivity index (χ2n) is 3.49. The lowest BCUT2D eigenvalue weighted by Crippen LogP contribution is -2.14. The average Bonchev–Trinajstić information content (AvgIpc) is 2.17. The summed E-state index contributed by atoms with van der Waals surface area (Å²) in [5, 5.41) is 0. The van der Waals surface area contributed by atoms with E-state index in [4.69, 9.17) is 0 Å². The molecule has 1 N–H and O–H groups in total. The summed E-state index contributed by atoms with van der Waals surface area (Å²) in [6.07, 6.45) is 0. The molecule has 3 nitrogen and oxygen atoms in total. The van der Waals surface area contributed by atoms with Crippen molar-refractivity contribution in [3.8, 4) is 11.1 Å².